The van der Waals surface area contributed by atoms with Crippen LogP contribution in [-0.4, -0.2) is 27.0 Å². The Hall–Kier alpha value is -2.90. The van der Waals surface area contributed by atoms with Crippen molar-refractivity contribution in [2.75, 3.05) is 5.32 Å². The predicted octanol–water partition coefficient (Wildman–Crippen LogP) is 1.67. The minimum atomic E-state index is -0.780. The highest BCUT2D eigenvalue weighted by Gasteiger charge is 2.31. The van der Waals surface area contributed by atoms with Gasteiger partial charge in [0, 0.05) is 19.4 Å². The van der Waals surface area contributed by atoms with E-state index in [0.717, 1.165) is 12.1 Å². The van der Waals surface area contributed by atoms with Gasteiger partial charge in [0.25, 0.3) is 5.56 Å². The highest BCUT2D eigenvalue weighted by Crippen LogP contribution is 2.26. The van der Waals surface area contributed by atoms with Crippen molar-refractivity contribution in [3.8, 4) is 0 Å². The summed E-state index contributed by atoms with van der Waals surface area (Å²) in [4.78, 5) is 52.3. The molecule has 25 heavy (non-hydrogen) atoms. The molecule has 1 unspecified atom stereocenters. The van der Waals surface area contributed by atoms with Gasteiger partial charge in [0.2, 0.25) is 5.91 Å². The molecule has 1 saturated carbocycles. The van der Waals surface area contributed by atoms with Crippen LogP contribution in [0, 0.1) is 12.7 Å². The Balaban J connectivity index is 2.26. The van der Waals surface area contributed by atoms with Crippen LogP contribution in [0.25, 0.3) is 10.9 Å². The van der Waals surface area contributed by atoms with E-state index in [0.29, 0.717) is 0 Å². The van der Waals surface area contributed by atoms with E-state index in [1.807, 2.05) is 0 Å². The van der Waals surface area contributed by atoms with Crippen LogP contribution >= 0.6 is 0 Å². The van der Waals surface area contributed by atoms with Gasteiger partial charge in [0.15, 0.2) is 5.78 Å². The van der Waals surface area contributed by atoms with E-state index in [4.69, 9.17) is 0 Å². The van der Waals surface area contributed by atoms with Crippen molar-refractivity contribution in [2.24, 2.45) is 0 Å². The van der Waals surface area contributed by atoms with Gasteiger partial charge >= 0.3 is 0 Å². The normalized spacial score (nSPS) is 17.8. The molecular formula is C17H16FN3O4. The number of fused-ring (bicyclic) bond motifs is 1. The molecule has 130 valence electrons. The molecule has 0 radical (unpaired) electrons. The number of Topliss-reactive ketones (excluding diaryl/α,β-unsaturated/α-hetero) is 2. The zero-order chi connectivity index (χ0) is 18.3. The molecule has 7 nitrogen and oxygen atoms in total. The standard InChI is InChI=1S/C17H16FN3O4/c1-8-19-12-5-10(18)6-13(20-9(2)22)16(12)17(25)21(8)14-4-3-11(23)7-15(14)24/h5-6,14H,3-4,7H2,1-2H3,(H,20,22). The first-order valence-electron chi connectivity index (χ1n) is 7.82. The van der Waals surface area contributed by atoms with Gasteiger partial charge in [-0.3, -0.25) is 23.7 Å². The lowest BCUT2D eigenvalue weighted by Crippen LogP contribution is -2.36. The van der Waals surface area contributed by atoms with Crippen LogP contribution in [0.4, 0.5) is 10.1 Å². The first-order valence-corrected chi connectivity index (χ1v) is 7.82. The van der Waals surface area contributed by atoms with Crippen molar-refractivity contribution in [3.05, 3.63) is 34.1 Å². The summed E-state index contributed by atoms with van der Waals surface area (Å²) < 4.78 is 15.0. The molecule has 3 rings (SSSR count). The van der Waals surface area contributed by atoms with Crippen molar-refractivity contribution < 1.29 is 18.8 Å². The Morgan fingerprint density at radius 3 is 2.68 bits per heavy atom. The number of rotatable bonds is 2. The van der Waals surface area contributed by atoms with E-state index in [9.17, 15) is 23.6 Å². The summed E-state index contributed by atoms with van der Waals surface area (Å²) in [6.45, 7) is 2.79. The zero-order valence-electron chi connectivity index (χ0n) is 13.8. The Morgan fingerprint density at radius 1 is 1.32 bits per heavy atom. The molecule has 0 aliphatic heterocycles. The summed E-state index contributed by atoms with van der Waals surface area (Å²) >= 11 is 0. The Labute approximate surface area is 141 Å². The molecule has 1 aromatic heterocycles. The second kappa shape index (κ2) is 6.19. The topological polar surface area (TPSA) is 98.1 Å². The van der Waals surface area contributed by atoms with Crippen LogP contribution in [0.3, 0.4) is 0 Å². The fourth-order valence-corrected chi connectivity index (χ4v) is 3.19. The largest absolute Gasteiger partial charge is 0.325 e. The van der Waals surface area contributed by atoms with Crippen molar-refractivity contribution >= 4 is 34.1 Å². The summed E-state index contributed by atoms with van der Waals surface area (Å²) in [5.41, 5.74) is -0.436. The molecule has 0 saturated heterocycles. The molecule has 1 heterocycles. The number of benzene rings is 1. The van der Waals surface area contributed by atoms with Crippen LogP contribution in [0.1, 0.15) is 38.1 Å². The third-order valence-electron chi connectivity index (χ3n) is 4.21. The second-order valence-electron chi connectivity index (χ2n) is 6.10. The fourth-order valence-electron chi connectivity index (χ4n) is 3.19. The van der Waals surface area contributed by atoms with E-state index in [1.54, 1.807) is 6.92 Å². The maximum atomic E-state index is 13.8. The molecule has 8 heteroatoms. The molecule has 1 aliphatic carbocycles. The van der Waals surface area contributed by atoms with Crippen molar-refractivity contribution in [3.63, 3.8) is 0 Å². The SMILES string of the molecule is CC(=O)Nc1cc(F)cc2nc(C)n(C3CCC(=O)CC3=O)c(=O)c12. The number of aromatic nitrogens is 2. The number of halogens is 1. The van der Waals surface area contributed by atoms with Gasteiger partial charge in [-0.05, 0) is 19.4 Å². The van der Waals surface area contributed by atoms with E-state index in [2.05, 4.69) is 10.3 Å². The first-order chi connectivity index (χ1) is 11.8. The number of hydrogen-bond acceptors (Lipinski definition) is 5. The lowest BCUT2D eigenvalue weighted by Gasteiger charge is -2.24. The number of ketones is 2. The highest BCUT2D eigenvalue weighted by molar-refractivity contribution is 6.03. The van der Waals surface area contributed by atoms with Gasteiger partial charge in [-0.15, -0.1) is 0 Å². The summed E-state index contributed by atoms with van der Waals surface area (Å²) in [6.07, 6.45) is 0.223. The molecule has 1 amide bonds. The molecule has 1 N–H and O–H groups in total. The number of amides is 1. The number of carbonyl (C=O) groups is 3. The van der Waals surface area contributed by atoms with Gasteiger partial charge in [-0.2, -0.15) is 0 Å². The minimum absolute atomic E-state index is 0.00749. The van der Waals surface area contributed by atoms with Crippen LogP contribution in [0.5, 0.6) is 0 Å². The highest BCUT2D eigenvalue weighted by atomic mass is 19.1. The monoisotopic (exact) mass is 345 g/mol. The average molecular weight is 345 g/mol. The molecule has 2 aromatic rings. The number of hydrogen-bond donors (Lipinski definition) is 1. The maximum absolute atomic E-state index is 13.8. The Kier molecular flexibility index (Phi) is 4.20. The second-order valence-corrected chi connectivity index (χ2v) is 6.10. The average Bonchev–Trinajstić information content (AvgIpc) is 2.47. The zero-order valence-corrected chi connectivity index (χ0v) is 13.8. The van der Waals surface area contributed by atoms with E-state index in [-0.39, 0.29) is 53.2 Å². The van der Waals surface area contributed by atoms with Crippen LogP contribution in [0.15, 0.2) is 16.9 Å². The molecule has 1 atom stereocenters. The molecule has 1 aromatic carbocycles. The molecule has 1 fully saturated rings. The fraction of sp³-hybridized carbons (Fsp3) is 0.353. The number of nitrogens with one attached hydrogen (secondary N) is 1. The van der Waals surface area contributed by atoms with Gasteiger partial charge in [0.1, 0.15) is 17.4 Å². The molecular weight excluding hydrogens is 329 g/mol. The number of anilines is 1. The van der Waals surface area contributed by atoms with E-state index in [1.165, 1.54) is 11.5 Å². The van der Waals surface area contributed by atoms with Gasteiger partial charge < -0.3 is 5.32 Å². The minimum Gasteiger partial charge on any atom is -0.325 e. The van der Waals surface area contributed by atoms with Gasteiger partial charge in [-0.25, -0.2) is 9.37 Å². The summed E-state index contributed by atoms with van der Waals surface area (Å²) in [6, 6.07) is 1.36. The third-order valence-corrected chi connectivity index (χ3v) is 4.21. The maximum Gasteiger partial charge on any atom is 0.264 e. The van der Waals surface area contributed by atoms with E-state index < -0.39 is 23.3 Å². The molecule has 0 spiro atoms. The summed E-state index contributed by atoms with van der Waals surface area (Å²) in [5.74, 6) is -1.34. The molecule has 1 aliphatic rings. The third kappa shape index (κ3) is 3.07. The lowest BCUT2D eigenvalue weighted by atomic mass is 9.92. The van der Waals surface area contributed by atoms with Gasteiger partial charge in [-0.1, -0.05) is 0 Å². The van der Waals surface area contributed by atoms with Crippen molar-refractivity contribution in [1.29, 1.82) is 0 Å². The van der Waals surface area contributed by atoms with Crippen LogP contribution in [0.2, 0.25) is 0 Å². The van der Waals surface area contributed by atoms with Crippen molar-refractivity contribution in [2.45, 2.75) is 39.2 Å². The predicted molar refractivity (Wildman–Crippen MR) is 87.9 cm³/mol. The lowest BCUT2D eigenvalue weighted by molar-refractivity contribution is -0.132. The number of carbonyl (C=O) groups excluding carboxylic acids is 3. The number of aryl methyl sites for hydroxylation is 1. The van der Waals surface area contributed by atoms with Gasteiger partial charge in [0.05, 0.1) is 29.1 Å². The van der Waals surface area contributed by atoms with Crippen LogP contribution < -0.4 is 10.9 Å². The van der Waals surface area contributed by atoms with E-state index >= 15 is 0 Å². The molecule has 0 bridgehead atoms. The summed E-state index contributed by atoms with van der Waals surface area (Å²) in [7, 11) is 0. The Bertz CT molecular complexity index is 980. The number of nitrogens with zero attached hydrogens (tertiary/aromatic N) is 2. The summed E-state index contributed by atoms with van der Waals surface area (Å²) in [5, 5.41) is 2.46. The first kappa shape index (κ1) is 16.9. The quantitative estimate of drug-likeness (QED) is 0.835. The Morgan fingerprint density at radius 2 is 2.04 bits per heavy atom. The van der Waals surface area contributed by atoms with Crippen LogP contribution in [-0.2, 0) is 14.4 Å². The van der Waals surface area contributed by atoms with Crippen molar-refractivity contribution in [1.82, 2.24) is 9.55 Å². The smallest absolute Gasteiger partial charge is 0.264 e.